The number of hydrogen-bond acceptors (Lipinski definition) is 7. The van der Waals surface area contributed by atoms with Gasteiger partial charge in [-0.3, -0.25) is 9.59 Å². The molecule has 7 nitrogen and oxygen atoms in total. The lowest BCUT2D eigenvalue weighted by Gasteiger charge is -2.12. The standard InChI is InChI=1S/C19H18ClNO6S/c1-25-18(23)10-7-8-13-15(10)16(19(24)26-2)17(28-13)21-14(22)9-27-12-6-4-3-5-11(12)20/h3-6,10H,7-9H2,1-2H3,(H,21,22). The van der Waals surface area contributed by atoms with Gasteiger partial charge in [0.2, 0.25) is 0 Å². The maximum absolute atomic E-state index is 12.3. The zero-order chi connectivity index (χ0) is 20.3. The van der Waals surface area contributed by atoms with E-state index in [2.05, 4.69) is 5.32 Å². The van der Waals surface area contributed by atoms with Crippen LogP contribution in [-0.2, 0) is 25.5 Å². The molecule has 1 heterocycles. The molecule has 148 valence electrons. The number of anilines is 1. The number of carbonyl (C=O) groups excluding carboxylic acids is 3. The third-order valence-corrected chi connectivity index (χ3v) is 5.85. The Balaban J connectivity index is 1.80. The van der Waals surface area contributed by atoms with Gasteiger partial charge in [0.15, 0.2) is 6.61 Å². The normalized spacial score (nSPS) is 14.9. The molecule has 2 aromatic rings. The molecule has 0 aliphatic heterocycles. The lowest BCUT2D eigenvalue weighted by atomic mass is 9.99. The van der Waals surface area contributed by atoms with Gasteiger partial charge in [-0.2, -0.15) is 0 Å². The Bertz CT molecular complexity index is 925. The Hall–Kier alpha value is -2.58. The predicted molar refractivity (Wildman–Crippen MR) is 104 cm³/mol. The summed E-state index contributed by atoms with van der Waals surface area (Å²) >= 11 is 7.26. The van der Waals surface area contributed by atoms with Crippen LogP contribution in [0.15, 0.2) is 24.3 Å². The smallest absolute Gasteiger partial charge is 0.341 e. The quantitative estimate of drug-likeness (QED) is 0.716. The number of methoxy groups -OCH3 is 2. The van der Waals surface area contributed by atoms with Crippen LogP contribution in [0.4, 0.5) is 5.00 Å². The van der Waals surface area contributed by atoms with E-state index in [1.165, 1.54) is 25.6 Å². The summed E-state index contributed by atoms with van der Waals surface area (Å²) in [6.07, 6.45) is 1.18. The molecular formula is C19H18ClNO6S. The molecule has 1 atom stereocenters. The van der Waals surface area contributed by atoms with E-state index < -0.39 is 23.8 Å². The number of benzene rings is 1. The van der Waals surface area contributed by atoms with Crippen LogP contribution in [0.3, 0.4) is 0 Å². The summed E-state index contributed by atoms with van der Waals surface area (Å²) in [4.78, 5) is 37.6. The Labute approximate surface area is 170 Å². The Kier molecular flexibility index (Phi) is 6.21. The number of fused-ring (bicyclic) bond motifs is 1. The SMILES string of the molecule is COC(=O)c1c(NC(=O)COc2ccccc2Cl)sc2c1C(C(=O)OC)CC2. The molecule has 1 N–H and O–H groups in total. The minimum Gasteiger partial charge on any atom is -0.482 e. The van der Waals surface area contributed by atoms with Crippen LogP contribution in [0, 0.1) is 0 Å². The lowest BCUT2D eigenvalue weighted by molar-refractivity contribution is -0.142. The minimum atomic E-state index is -0.615. The number of esters is 2. The first-order valence-corrected chi connectivity index (χ1v) is 9.64. The maximum Gasteiger partial charge on any atom is 0.341 e. The van der Waals surface area contributed by atoms with Gasteiger partial charge in [-0.15, -0.1) is 11.3 Å². The molecule has 3 rings (SSSR count). The van der Waals surface area contributed by atoms with Crippen LogP contribution in [0.2, 0.25) is 5.02 Å². The number of para-hydroxylation sites is 1. The van der Waals surface area contributed by atoms with Crippen LogP contribution in [0.1, 0.15) is 33.1 Å². The van der Waals surface area contributed by atoms with Gasteiger partial charge >= 0.3 is 11.9 Å². The summed E-state index contributed by atoms with van der Waals surface area (Å²) in [5, 5.41) is 3.40. The summed E-state index contributed by atoms with van der Waals surface area (Å²) in [5.41, 5.74) is 0.771. The molecular weight excluding hydrogens is 406 g/mol. The molecule has 0 bridgehead atoms. The van der Waals surface area contributed by atoms with Gasteiger partial charge in [-0.1, -0.05) is 23.7 Å². The van der Waals surface area contributed by atoms with Crippen molar-refractivity contribution >= 4 is 45.8 Å². The zero-order valence-electron chi connectivity index (χ0n) is 15.2. The molecule has 0 saturated heterocycles. The maximum atomic E-state index is 12.3. The van der Waals surface area contributed by atoms with Crippen molar-refractivity contribution < 1.29 is 28.6 Å². The molecule has 0 fully saturated rings. The highest BCUT2D eigenvalue weighted by molar-refractivity contribution is 7.17. The number of amides is 1. The van der Waals surface area contributed by atoms with Crippen LogP contribution in [0.5, 0.6) is 5.75 Å². The first-order chi connectivity index (χ1) is 13.5. The molecule has 1 aromatic carbocycles. The van der Waals surface area contributed by atoms with Gasteiger partial charge in [-0.05, 0) is 30.5 Å². The number of rotatable bonds is 6. The van der Waals surface area contributed by atoms with Gasteiger partial charge < -0.3 is 19.5 Å². The highest BCUT2D eigenvalue weighted by Gasteiger charge is 2.38. The number of hydrogen-bond donors (Lipinski definition) is 1. The number of nitrogens with one attached hydrogen (secondary N) is 1. The highest BCUT2D eigenvalue weighted by atomic mass is 35.5. The highest BCUT2D eigenvalue weighted by Crippen LogP contribution is 2.45. The average Bonchev–Trinajstić information content (AvgIpc) is 3.24. The van der Waals surface area contributed by atoms with E-state index in [1.54, 1.807) is 24.3 Å². The Morgan fingerprint density at radius 3 is 2.64 bits per heavy atom. The Morgan fingerprint density at radius 2 is 1.96 bits per heavy atom. The van der Waals surface area contributed by atoms with E-state index >= 15 is 0 Å². The molecule has 0 saturated carbocycles. The van der Waals surface area contributed by atoms with Crippen molar-refractivity contribution in [2.45, 2.75) is 18.8 Å². The van der Waals surface area contributed by atoms with E-state index in [0.717, 1.165) is 4.88 Å². The first kappa shape index (κ1) is 20.2. The van der Waals surface area contributed by atoms with Gasteiger partial charge in [-0.25, -0.2) is 4.79 Å². The summed E-state index contributed by atoms with van der Waals surface area (Å²) in [6.45, 7) is -0.284. The molecule has 1 amide bonds. The largest absolute Gasteiger partial charge is 0.482 e. The Morgan fingerprint density at radius 1 is 1.21 bits per heavy atom. The number of thiophene rings is 1. The summed E-state index contributed by atoms with van der Waals surface area (Å²) in [7, 11) is 2.56. The topological polar surface area (TPSA) is 90.9 Å². The minimum absolute atomic E-state index is 0.196. The number of halogens is 1. The van der Waals surface area contributed by atoms with Crippen molar-refractivity contribution in [1.29, 1.82) is 0 Å². The molecule has 1 unspecified atom stereocenters. The van der Waals surface area contributed by atoms with Crippen molar-refractivity contribution in [1.82, 2.24) is 0 Å². The van der Waals surface area contributed by atoms with Crippen molar-refractivity contribution in [3.8, 4) is 5.75 Å². The summed E-state index contributed by atoms with van der Waals surface area (Å²) in [6, 6.07) is 6.80. The third-order valence-electron chi connectivity index (χ3n) is 4.35. The third kappa shape index (κ3) is 3.98. The van der Waals surface area contributed by atoms with Crippen LogP contribution in [-0.4, -0.2) is 38.7 Å². The molecule has 28 heavy (non-hydrogen) atoms. The van der Waals surface area contributed by atoms with Gasteiger partial charge in [0, 0.05) is 4.88 Å². The molecule has 9 heteroatoms. The fraction of sp³-hybridized carbons (Fsp3) is 0.316. The van der Waals surface area contributed by atoms with Crippen molar-refractivity contribution in [3.05, 3.63) is 45.3 Å². The van der Waals surface area contributed by atoms with Gasteiger partial charge in [0.1, 0.15) is 10.8 Å². The van der Waals surface area contributed by atoms with Crippen LogP contribution < -0.4 is 10.1 Å². The van der Waals surface area contributed by atoms with Crippen molar-refractivity contribution in [2.24, 2.45) is 0 Å². The molecule has 0 radical (unpaired) electrons. The van der Waals surface area contributed by atoms with Gasteiger partial charge in [0.05, 0.1) is 30.7 Å². The predicted octanol–water partition coefficient (Wildman–Crippen LogP) is 3.41. The number of carbonyl (C=O) groups is 3. The summed E-state index contributed by atoms with van der Waals surface area (Å²) in [5.74, 6) is -1.65. The van der Waals surface area contributed by atoms with E-state index in [1.807, 2.05) is 0 Å². The lowest BCUT2D eigenvalue weighted by Crippen LogP contribution is -2.22. The van der Waals surface area contributed by atoms with E-state index in [9.17, 15) is 14.4 Å². The fourth-order valence-electron chi connectivity index (χ4n) is 3.10. The molecule has 1 aliphatic rings. The van der Waals surface area contributed by atoms with Gasteiger partial charge in [0.25, 0.3) is 5.91 Å². The van der Waals surface area contributed by atoms with E-state index in [4.69, 9.17) is 25.8 Å². The zero-order valence-corrected chi connectivity index (χ0v) is 16.8. The number of ether oxygens (including phenoxy) is 3. The average molecular weight is 424 g/mol. The molecule has 1 aliphatic carbocycles. The monoisotopic (exact) mass is 423 g/mol. The fourth-order valence-corrected chi connectivity index (χ4v) is 4.57. The second kappa shape index (κ2) is 8.62. The molecule has 0 spiro atoms. The second-order valence-electron chi connectivity index (χ2n) is 6.02. The van der Waals surface area contributed by atoms with Crippen molar-refractivity contribution in [2.75, 3.05) is 26.1 Å². The molecule has 1 aromatic heterocycles. The second-order valence-corrected chi connectivity index (χ2v) is 7.53. The number of aryl methyl sites for hydroxylation is 1. The summed E-state index contributed by atoms with van der Waals surface area (Å²) < 4.78 is 15.1. The van der Waals surface area contributed by atoms with E-state index in [-0.39, 0.29) is 12.2 Å². The van der Waals surface area contributed by atoms with Crippen molar-refractivity contribution in [3.63, 3.8) is 0 Å². The van der Waals surface area contributed by atoms with E-state index in [0.29, 0.717) is 34.2 Å². The van der Waals surface area contributed by atoms with Crippen LogP contribution in [0.25, 0.3) is 0 Å². The first-order valence-electron chi connectivity index (χ1n) is 8.45. The van der Waals surface area contributed by atoms with Crippen LogP contribution >= 0.6 is 22.9 Å².